The van der Waals surface area contributed by atoms with E-state index in [1.165, 1.54) is 0 Å². The molecule has 102 valence electrons. The Morgan fingerprint density at radius 3 is 1.50 bits per heavy atom. The van der Waals surface area contributed by atoms with Crippen molar-refractivity contribution in [1.29, 1.82) is 0 Å². The maximum Gasteiger partial charge on any atom is 0.161 e. The van der Waals surface area contributed by atoms with E-state index in [1.54, 1.807) is 0 Å². The molecule has 0 aromatic heterocycles. The Labute approximate surface area is 111 Å². The van der Waals surface area contributed by atoms with E-state index in [9.17, 15) is 0 Å². The summed E-state index contributed by atoms with van der Waals surface area (Å²) in [6.45, 7) is 10.3. The third kappa shape index (κ3) is 5.95. The van der Waals surface area contributed by atoms with Gasteiger partial charge in [-0.15, -0.1) is 0 Å². The molecule has 0 saturated heterocycles. The summed E-state index contributed by atoms with van der Waals surface area (Å²) in [4.78, 5) is 0. The third-order valence-electron chi connectivity index (χ3n) is 2.75. The molecular formula is C16H26O2. The highest BCUT2D eigenvalue weighted by atomic mass is 16.5. The lowest BCUT2D eigenvalue weighted by Crippen LogP contribution is -2.05. The lowest BCUT2D eigenvalue weighted by atomic mass is 10.1. The highest BCUT2D eigenvalue weighted by Crippen LogP contribution is 2.27. The third-order valence-corrected chi connectivity index (χ3v) is 2.75. The lowest BCUT2D eigenvalue weighted by molar-refractivity contribution is 0.246. The van der Waals surface area contributed by atoms with Crippen molar-refractivity contribution in [2.75, 3.05) is 13.2 Å². The molecule has 0 spiro atoms. The van der Waals surface area contributed by atoms with Gasteiger partial charge in [0.05, 0.1) is 13.2 Å². The van der Waals surface area contributed by atoms with Gasteiger partial charge in [0.15, 0.2) is 11.5 Å². The van der Waals surface area contributed by atoms with Crippen molar-refractivity contribution >= 4 is 0 Å². The predicted octanol–water partition coefficient (Wildman–Crippen LogP) is 4.54. The zero-order valence-electron chi connectivity index (χ0n) is 12.1. The molecule has 1 aromatic carbocycles. The van der Waals surface area contributed by atoms with Crippen LogP contribution in [0.5, 0.6) is 11.5 Å². The maximum atomic E-state index is 5.78. The number of para-hydroxylation sites is 2. The van der Waals surface area contributed by atoms with Gasteiger partial charge in [0.2, 0.25) is 0 Å². The van der Waals surface area contributed by atoms with Crippen LogP contribution in [0.3, 0.4) is 0 Å². The second kappa shape index (κ2) is 8.02. The van der Waals surface area contributed by atoms with Gasteiger partial charge in [0.1, 0.15) is 0 Å². The van der Waals surface area contributed by atoms with Crippen LogP contribution in [-0.4, -0.2) is 13.2 Å². The van der Waals surface area contributed by atoms with Crippen molar-refractivity contribution in [3.8, 4) is 11.5 Å². The van der Waals surface area contributed by atoms with Gasteiger partial charge in [-0.1, -0.05) is 39.8 Å². The Kier molecular flexibility index (Phi) is 6.63. The standard InChI is InChI=1S/C16H26O2/c1-13(2)9-11-17-15-7-5-6-8-16(15)18-12-10-14(3)4/h5-8,13-14H,9-12H2,1-4H3. The van der Waals surface area contributed by atoms with Crippen molar-refractivity contribution in [3.63, 3.8) is 0 Å². The Hall–Kier alpha value is -1.18. The maximum absolute atomic E-state index is 5.78. The summed E-state index contributed by atoms with van der Waals surface area (Å²) in [5, 5.41) is 0. The van der Waals surface area contributed by atoms with Crippen molar-refractivity contribution < 1.29 is 9.47 Å². The van der Waals surface area contributed by atoms with Gasteiger partial charge in [-0.05, 0) is 36.8 Å². The summed E-state index contributed by atoms with van der Waals surface area (Å²) < 4.78 is 11.6. The first kappa shape index (κ1) is 14.9. The van der Waals surface area contributed by atoms with Crippen LogP contribution < -0.4 is 9.47 Å². The number of benzene rings is 1. The minimum Gasteiger partial charge on any atom is -0.490 e. The molecule has 0 radical (unpaired) electrons. The van der Waals surface area contributed by atoms with Crippen LogP contribution in [0.1, 0.15) is 40.5 Å². The van der Waals surface area contributed by atoms with E-state index in [1.807, 2.05) is 24.3 Å². The van der Waals surface area contributed by atoms with Crippen LogP contribution in [0, 0.1) is 11.8 Å². The van der Waals surface area contributed by atoms with E-state index in [-0.39, 0.29) is 0 Å². The molecule has 0 aliphatic heterocycles. The first-order valence-corrected chi connectivity index (χ1v) is 6.94. The molecule has 0 aliphatic rings. The van der Waals surface area contributed by atoms with Gasteiger partial charge in [0, 0.05) is 0 Å². The van der Waals surface area contributed by atoms with E-state index in [0.29, 0.717) is 11.8 Å². The average molecular weight is 250 g/mol. The Morgan fingerprint density at radius 2 is 1.17 bits per heavy atom. The second-order valence-corrected chi connectivity index (χ2v) is 5.51. The van der Waals surface area contributed by atoms with Crippen LogP contribution in [0.25, 0.3) is 0 Å². The SMILES string of the molecule is CC(C)CCOc1ccccc1OCCC(C)C. The van der Waals surface area contributed by atoms with E-state index in [2.05, 4.69) is 27.7 Å². The topological polar surface area (TPSA) is 18.5 Å². The molecule has 1 aromatic rings. The van der Waals surface area contributed by atoms with E-state index < -0.39 is 0 Å². The first-order chi connectivity index (χ1) is 8.59. The largest absolute Gasteiger partial charge is 0.490 e. The molecular weight excluding hydrogens is 224 g/mol. The highest BCUT2D eigenvalue weighted by molar-refractivity contribution is 5.39. The number of rotatable bonds is 8. The van der Waals surface area contributed by atoms with Gasteiger partial charge < -0.3 is 9.47 Å². The molecule has 0 fully saturated rings. The minimum atomic E-state index is 0.666. The molecule has 0 N–H and O–H groups in total. The Balaban J connectivity index is 2.45. The lowest BCUT2D eigenvalue weighted by Gasteiger charge is -2.14. The Bertz CT molecular complexity index is 299. The van der Waals surface area contributed by atoms with E-state index in [4.69, 9.17) is 9.47 Å². The monoisotopic (exact) mass is 250 g/mol. The van der Waals surface area contributed by atoms with E-state index >= 15 is 0 Å². The van der Waals surface area contributed by atoms with Crippen molar-refractivity contribution in [2.45, 2.75) is 40.5 Å². The summed E-state index contributed by atoms with van der Waals surface area (Å²) in [7, 11) is 0. The van der Waals surface area contributed by atoms with Crippen LogP contribution in [0.15, 0.2) is 24.3 Å². The minimum absolute atomic E-state index is 0.666. The molecule has 0 aliphatic carbocycles. The normalized spacial score (nSPS) is 11.0. The van der Waals surface area contributed by atoms with Crippen LogP contribution in [-0.2, 0) is 0 Å². The molecule has 0 atom stereocenters. The zero-order valence-corrected chi connectivity index (χ0v) is 12.1. The number of hydrogen-bond acceptors (Lipinski definition) is 2. The average Bonchev–Trinajstić information content (AvgIpc) is 2.30. The fourth-order valence-electron chi connectivity index (χ4n) is 1.50. The van der Waals surface area contributed by atoms with Gasteiger partial charge in [-0.2, -0.15) is 0 Å². The summed E-state index contributed by atoms with van der Waals surface area (Å²) in [6, 6.07) is 7.93. The second-order valence-electron chi connectivity index (χ2n) is 5.51. The predicted molar refractivity (Wildman–Crippen MR) is 76.3 cm³/mol. The molecule has 0 saturated carbocycles. The molecule has 18 heavy (non-hydrogen) atoms. The summed E-state index contributed by atoms with van der Waals surface area (Å²) in [6.07, 6.45) is 2.14. The molecule has 2 heteroatoms. The fourth-order valence-corrected chi connectivity index (χ4v) is 1.50. The number of ether oxygens (including phenoxy) is 2. The van der Waals surface area contributed by atoms with Crippen LogP contribution >= 0.6 is 0 Å². The van der Waals surface area contributed by atoms with E-state index in [0.717, 1.165) is 37.6 Å². The molecule has 0 amide bonds. The Morgan fingerprint density at radius 1 is 0.778 bits per heavy atom. The first-order valence-electron chi connectivity index (χ1n) is 6.94. The quantitative estimate of drug-likeness (QED) is 0.674. The highest BCUT2D eigenvalue weighted by Gasteiger charge is 2.05. The van der Waals surface area contributed by atoms with Gasteiger partial charge >= 0.3 is 0 Å². The molecule has 0 unspecified atom stereocenters. The smallest absolute Gasteiger partial charge is 0.161 e. The summed E-state index contributed by atoms with van der Waals surface area (Å²) >= 11 is 0. The number of hydrogen-bond donors (Lipinski definition) is 0. The zero-order chi connectivity index (χ0) is 13.4. The molecule has 0 bridgehead atoms. The van der Waals surface area contributed by atoms with Crippen molar-refractivity contribution in [3.05, 3.63) is 24.3 Å². The fraction of sp³-hybridized carbons (Fsp3) is 0.625. The van der Waals surface area contributed by atoms with Crippen LogP contribution in [0.2, 0.25) is 0 Å². The van der Waals surface area contributed by atoms with Crippen LogP contribution in [0.4, 0.5) is 0 Å². The molecule has 0 heterocycles. The van der Waals surface area contributed by atoms with Gasteiger partial charge in [0.25, 0.3) is 0 Å². The summed E-state index contributed by atoms with van der Waals surface area (Å²) in [5.41, 5.74) is 0. The summed E-state index contributed by atoms with van der Waals surface area (Å²) in [5.74, 6) is 3.06. The van der Waals surface area contributed by atoms with Gasteiger partial charge in [-0.25, -0.2) is 0 Å². The molecule has 1 rings (SSSR count). The van der Waals surface area contributed by atoms with Gasteiger partial charge in [-0.3, -0.25) is 0 Å². The van der Waals surface area contributed by atoms with Crippen molar-refractivity contribution in [1.82, 2.24) is 0 Å². The molecule has 2 nitrogen and oxygen atoms in total. The van der Waals surface area contributed by atoms with Crippen molar-refractivity contribution in [2.24, 2.45) is 11.8 Å².